The van der Waals surface area contributed by atoms with Crippen LogP contribution >= 0.6 is 11.8 Å². The summed E-state index contributed by atoms with van der Waals surface area (Å²) in [7, 11) is 1.78. The summed E-state index contributed by atoms with van der Waals surface area (Å²) in [6.45, 7) is 2.00. The Balaban J connectivity index is 1.54. The molecule has 124 valence electrons. The molecule has 0 aliphatic rings. The van der Waals surface area contributed by atoms with Crippen molar-refractivity contribution in [2.75, 3.05) is 5.75 Å². The standard InChI is InChI=1S/C17H19N5OS/c1-12(14-8-7-13-5-3-4-6-15(13)11-14)18-16(23)9-10-24-17-19-20-21-22(17)2/h3-8,11-12H,9-10H2,1-2H3,(H,18,23). The predicted molar refractivity (Wildman–Crippen MR) is 94.6 cm³/mol. The van der Waals surface area contributed by atoms with Crippen LogP contribution in [0.4, 0.5) is 0 Å². The van der Waals surface area contributed by atoms with Crippen LogP contribution < -0.4 is 5.32 Å². The molecule has 24 heavy (non-hydrogen) atoms. The number of amides is 1. The van der Waals surface area contributed by atoms with Crippen molar-refractivity contribution in [3.05, 3.63) is 48.0 Å². The summed E-state index contributed by atoms with van der Waals surface area (Å²) in [6.07, 6.45) is 0.426. The second kappa shape index (κ2) is 7.44. The molecule has 0 spiro atoms. The summed E-state index contributed by atoms with van der Waals surface area (Å²) >= 11 is 1.47. The van der Waals surface area contributed by atoms with Gasteiger partial charge in [0.05, 0.1) is 6.04 Å². The average molecular weight is 341 g/mol. The largest absolute Gasteiger partial charge is 0.350 e. The molecule has 1 amide bonds. The Morgan fingerprint density at radius 1 is 1.25 bits per heavy atom. The lowest BCUT2D eigenvalue weighted by Crippen LogP contribution is -2.26. The van der Waals surface area contributed by atoms with Crippen molar-refractivity contribution in [3.8, 4) is 0 Å². The number of nitrogens with zero attached hydrogens (tertiary/aromatic N) is 4. The molecule has 0 aliphatic carbocycles. The van der Waals surface area contributed by atoms with Gasteiger partial charge in [0.25, 0.3) is 0 Å². The Bertz CT molecular complexity index is 848. The van der Waals surface area contributed by atoms with Crippen LogP contribution in [0.15, 0.2) is 47.6 Å². The topological polar surface area (TPSA) is 72.7 Å². The van der Waals surface area contributed by atoms with Crippen molar-refractivity contribution in [1.82, 2.24) is 25.5 Å². The molecule has 0 saturated carbocycles. The second-order valence-electron chi connectivity index (χ2n) is 5.58. The van der Waals surface area contributed by atoms with Crippen molar-refractivity contribution in [2.45, 2.75) is 24.5 Å². The lowest BCUT2D eigenvalue weighted by molar-refractivity contribution is -0.121. The van der Waals surface area contributed by atoms with E-state index in [1.807, 2.05) is 19.1 Å². The first kappa shape index (κ1) is 16.4. The molecule has 6 nitrogen and oxygen atoms in total. The fraction of sp³-hybridized carbons (Fsp3) is 0.294. The lowest BCUT2D eigenvalue weighted by atomic mass is 10.0. The van der Waals surface area contributed by atoms with E-state index >= 15 is 0 Å². The summed E-state index contributed by atoms with van der Waals surface area (Å²) in [5, 5.41) is 17.4. The number of aryl methyl sites for hydroxylation is 1. The van der Waals surface area contributed by atoms with E-state index in [2.05, 4.69) is 51.2 Å². The Kier molecular flexibility index (Phi) is 5.10. The molecule has 1 heterocycles. The molecule has 1 N–H and O–H groups in total. The van der Waals surface area contributed by atoms with E-state index in [0.717, 1.165) is 5.56 Å². The van der Waals surface area contributed by atoms with Crippen molar-refractivity contribution in [1.29, 1.82) is 0 Å². The summed E-state index contributed by atoms with van der Waals surface area (Å²) in [4.78, 5) is 12.1. The van der Waals surface area contributed by atoms with E-state index in [1.54, 1.807) is 11.7 Å². The molecular formula is C17H19N5OS. The Hall–Kier alpha value is -2.41. The minimum absolute atomic E-state index is 0.0244. The van der Waals surface area contributed by atoms with Gasteiger partial charge in [0.1, 0.15) is 0 Å². The molecule has 7 heteroatoms. The van der Waals surface area contributed by atoms with Crippen LogP contribution in [0.25, 0.3) is 10.8 Å². The summed E-state index contributed by atoms with van der Waals surface area (Å²) in [6, 6.07) is 14.5. The normalized spacial score (nSPS) is 12.2. The smallest absolute Gasteiger partial charge is 0.221 e. The van der Waals surface area contributed by atoms with Crippen molar-refractivity contribution < 1.29 is 4.79 Å². The lowest BCUT2D eigenvalue weighted by Gasteiger charge is -2.15. The van der Waals surface area contributed by atoms with E-state index in [1.165, 1.54) is 22.5 Å². The zero-order valence-electron chi connectivity index (χ0n) is 13.6. The maximum atomic E-state index is 12.1. The minimum Gasteiger partial charge on any atom is -0.350 e. The second-order valence-corrected chi connectivity index (χ2v) is 6.64. The number of rotatable bonds is 6. The van der Waals surface area contributed by atoms with E-state index < -0.39 is 0 Å². The number of hydrogen-bond acceptors (Lipinski definition) is 5. The molecular weight excluding hydrogens is 322 g/mol. The summed E-state index contributed by atoms with van der Waals surface area (Å²) in [5.74, 6) is 0.670. The molecule has 0 aliphatic heterocycles. The molecule has 0 bridgehead atoms. The van der Waals surface area contributed by atoms with Gasteiger partial charge in [-0.05, 0) is 39.8 Å². The fourth-order valence-electron chi connectivity index (χ4n) is 2.45. The minimum atomic E-state index is -0.0244. The Labute approximate surface area is 144 Å². The number of thioether (sulfide) groups is 1. The zero-order chi connectivity index (χ0) is 16.9. The molecule has 0 saturated heterocycles. The summed E-state index contributed by atoms with van der Waals surface area (Å²) in [5.41, 5.74) is 1.10. The van der Waals surface area contributed by atoms with Crippen LogP contribution in [-0.2, 0) is 11.8 Å². The number of hydrogen-bond donors (Lipinski definition) is 1. The van der Waals surface area contributed by atoms with Gasteiger partial charge in [0.2, 0.25) is 11.1 Å². The number of benzene rings is 2. The summed E-state index contributed by atoms with van der Waals surface area (Å²) < 4.78 is 1.60. The number of carbonyl (C=O) groups excluding carboxylic acids is 1. The molecule has 1 atom stereocenters. The molecule has 3 rings (SSSR count). The van der Waals surface area contributed by atoms with Crippen LogP contribution in [0, 0.1) is 0 Å². The number of tetrazole rings is 1. The first-order chi connectivity index (χ1) is 11.6. The van der Waals surface area contributed by atoms with Gasteiger partial charge in [0.15, 0.2) is 0 Å². The van der Waals surface area contributed by atoms with Gasteiger partial charge < -0.3 is 5.32 Å². The first-order valence-electron chi connectivity index (χ1n) is 7.76. The Morgan fingerprint density at radius 3 is 2.79 bits per heavy atom. The van der Waals surface area contributed by atoms with E-state index in [-0.39, 0.29) is 11.9 Å². The van der Waals surface area contributed by atoms with E-state index in [0.29, 0.717) is 17.3 Å². The van der Waals surface area contributed by atoms with Gasteiger partial charge in [-0.25, -0.2) is 4.68 Å². The highest BCUT2D eigenvalue weighted by molar-refractivity contribution is 7.99. The van der Waals surface area contributed by atoms with Gasteiger partial charge in [0, 0.05) is 19.2 Å². The maximum absolute atomic E-state index is 12.1. The SMILES string of the molecule is CC(NC(=O)CCSc1nnnn1C)c1ccc2ccccc2c1. The maximum Gasteiger partial charge on any atom is 0.221 e. The highest BCUT2D eigenvalue weighted by atomic mass is 32.2. The third kappa shape index (κ3) is 3.91. The van der Waals surface area contributed by atoms with Gasteiger partial charge in [-0.1, -0.05) is 48.2 Å². The van der Waals surface area contributed by atoms with Gasteiger partial charge in [-0.2, -0.15) is 0 Å². The van der Waals surface area contributed by atoms with E-state index in [9.17, 15) is 4.79 Å². The van der Waals surface area contributed by atoms with Crippen LogP contribution in [0.3, 0.4) is 0 Å². The molecule has 1 unspecified atom stereocenters. The first-order valence-corrected chi connectivity index (χ1v) is 8.75. The number of nitrogens with one attached hydrogen (secondary N) is 1. The number of fused-ring (bicyclic) bond motifs is 1. The molecule has 0 fully saturated rings. The van der Waals surface area contributed by atoms with Crippen LogP contribution in [0.2, 0.25) is 0 Å². The van der Waals surface area contributed by atoms with Gasteiger partial charge in [-0.3, -0.25) is 4.79 Å². The molecule has 0 radical (unpaired) electrons. The average Bonchev–Trinajstić information content (AvgIpc) is 2.99. The Morgan fingerprint density at radius 2 is 2.04 bits per heavy atom. The zero-order valence-corrected chi connectivity index (χ0v) is 14.5. The van der Waals surface area contributed by atoms with Gasteiger partial charge in [-0.15, -0.1) is 5.10 Å². The predicted octanol–water partition coefficient (Wildman–Crippen LogP) is 2.72. The molecule has 2 aromatic carbocycles. The third-order valence-electron chi connectivity index (χ3n) is 3.79. The monoisotopic (exact) mass is 341 g/mol. The van der Waals surface area contributed by atoms with Crippen molar-refractivity contribution >= 4 is 28.4 Å². The van der Waals surface area contributed by atoms with Crippen molar-refractivity contribution in [3.63, 3.8) is 0 Å². The molecule has 3 aromatic rings. The number of carbonyl (C=O) groups is 1. The van der Waals surface area contributed by atoms with Crippen LogP contribution in [0.1, 0.15) is 24.9 Å². The highest BCUT2D eigenvalue weighted by Gasteiger charge is 2.11. The van der Waals surface area contributed by atoms with E-state index in [4.69, 9.17) is 0 Å². The van der Waals surface area contributed by atoms with Crippen molar-refractivity contribution in [2.24, 2.45) is 7.05 Å². The quantitative estimate of drug-likeness (QED) is 0.698. The van der Waals surface area contributed by atoms with Gasteiger partial charge >= 0.3 is 0 Å². The number of aromatic nitrogens is 4. The molecule has 1 aromatic heterocycles. The van der Waals surface area contributed by atoms with Crippen LogP contribution in [-0.4, -0.2) is 31.9 Å². The third-order valence-corrected chi connectivity index (χ3v) is 4.80. The highest BCUT2D eigenvalue weighted by Crippen LogP contribution is 2.20. The fourth-order valence-corrected chi connectivity index (χ4v) is 3.24. The van der Waals surface area contributed by atoms with Crippen LogP contribution in [0.5, 0.6) is 0 Å².